The molecule has 0 unspecified atom stereocenters. The van der Waals surface area contributed by atoms with E-state index in [4.69, 9.17) is 9.47 Å². The van der Waals surface area contributed by atoms with Crippen LogP contribution in [0.2, 0.25) is 0 Å². The van der Waals surface area contributed by atoms with Crippen molar-refractivity contribution in [1.82, 2.24) is 44.2 Å². The lowest BCUT2D eigenvalue weighted by Crippen LogP contribution is -2.38. The molecule has 1 fully saturated rings. The van der Waals surface area contributed by atoms with Crippen molar-refractivity contribution in [3.05, 3.63) is 72.8 Å². The molecule has 0 spiro atoms. The molecule has 0 saturated carbocycles. The number of ether oxygens (including phenoxy) is 2. The summed E-state index contributed by atoms with van der Waals surface area (Å²) in [6.07, 6.45) is 11.6. The molecular formula is C26H27N9O2. The molecule has 4 aromatic heterocycles. The predicted molar refractivity (Wildman–Crippen MR) is 136 cm³/mol. The van der Waals surface area contributed by atoms with Crippen molar-refractivity contribution in [1.29, 1.82) is 0 Å². The van der Waals surface area contributed by atoms with Crippen LogP contribution >= 0.6 is 0 Å². The van der Waals surface area contributed by atoms with Crippen LogP contribution in [-0.4, -0.2) is 83.7 Å². The molecule has 11 heteroatoms. The van der Waals surface area contributed by atoms with Gasteiger partial charge in [0.15, 0.2) is 11.6 Å². The summed E-state index contributed by atoms with van der Waals surface area (Å²) in [7, 11) is 1.89. The highest BCUT2D eigenvalue weighted by atomic mass is 16.5. The van der Waals surface area contributed by atoms with Crippen LogP contribution in [0.4, 0.5) is 0 Å². The maximum atomic E-state index is 5.84. The van der Waals surface area contributed by atoms with Gasteiger partial charge in [0.1, 0.15) is 12.4 Å². The fourth-order valence-electron chi connectivity index (χ4n) is 4.33. The van der Waals surface area contributed by atoms with Crippen LogP contribution in [0.5, 0.6) is 5.75 Å². The molecule has 0 bridgehead atoms. The smallest absolute Gasteiger partial charge is 0.254 e. The van der Waals surface area contributed by atoms with Gasteiger partial charge in [-0.2, -0.15) is 5.10 Å². The highest BCUT2D eigenvalue weighted by Gasteiger charge is 2.12. The van der Waals surface area contributed by atoms with Gasteiger partial charge in [0.25, 0.3) is 5.78 Å². The van der Waals surface area contributed by atoms with Crippen LogP contribution in [0.15, 0.2) is 61.4 Å². The van der Waals surface area contributed by atoms with Gasteiger partial charge in [0, 0.05) is 68.4 Å². The molecule has 1 aliphatic heterocycles. The second kappa shape index (κ2) is 10.4. The molecule has 6 rings (SSSR count). The van der Waals surface area contributed by atoms with E-state index in [0.29, 0.717) is 30.4 Å². The summed E-state index contributed by atoms with van der Waals surface area (Å²) >= 11 is 0. The van der Waals surface area contributed by atoms with E-state index in [2.05, 4.69) is 47.3 Å². The molecule has 11 nitrogen and oxygen atoms in total. The first kappa shape index (κ1) is 23.2. The van der Waals surface area contributed by atoms with E-state index < -0.39 is 0 Å². The quantitative estimate of drug-likeness (QED) is 0.319. The Bertz CT molecular complexity index is 1490. The molecule has 1 saturated heterocycles. The van der Waals surface area contributed by atoms with E-state index in [1.165, 1.54) is 0 Å². The molecule has 37 heavy (non-hydrogen) atoms. The summed E-state index contributed by atoms with van der Waals surface area (Å²) in [4.78, 5) is 15.9. The average molecular weight is 498 g/mol. The Labute approximate surface area is 213 Å². The number of aromatic nitrogens is 8. The number of morpholine rings is 1. The molecule has 1 aromatic carbocycles. The maximum Gasteiger partial charge on any atom is 0.254 e. The summed E-state index contributed by atoms with van der Waals surface area (Å²) in [5.74, 6) is 2.68. The normalized spacial score (nSPS) is 14.3. The summed E-state index contributed by atoms with van der Waals surface area (Å²) in [6.45, 7) is 4.93. The van der Waals surface area contributed by atoms with E-state index in [9.17, 15) is 0 Å². The van der Waals surface area contributed by atoms with E-state index in [1.807, 2.05) is 42.2 Å². The van der Waals surface area contributed by atoms with E-state index >= 15 is 0 Å². The van der Waals surface area contributed by atoms with E-state index in [0.717, 1.165) is 60.9 Å². The Hall–Kier alpha value is -4.22. The second-order valence-corrected chi connectivity index (χ2v) is 8.95. The van der Waals surface area contributed by atoms with Crippen LogP contribution in [-0.2, 0) is 18.2 Å². The van der Waals surface area contributed by atoms with E-state index in [1.54, 1.807) is 23.3 Å². The standard InChI is InChI=1S/C26H27N9O2/c1-33-17-22(14-30-33)21-13-29-26-32-31-24(35(26)18-21)12-19-3-2-4-20(11-19)25-27-15-23(16-28-25)37-10-7-34-5-8-36-9-6-34/h2-4,11,13-18H,5-10,12H2,1H3. The van der Waals surface area contributed by atoms with Gasteiger partial charge in [-0.3, -0.25) is 14.0 Å². The van der Waals surface area contributed by atoms with Crippen LogP contribution in [0, 0.1) is 0 Å². The monoisotopic (exact) mass is 497 g/mol. The molecule has 5 aromatic rings. The Morgan fingerprint density at radius 3 is 2.57 bits per heavy atom. The number of hydrogen-bond acceptors (Lipinski definition) is 9. The Kier molecular flexibility index (Phi) is 6.53. The molecule has 0 atom stereocenters. The van der Waals surface area contributed by atoms with Crippen LogP contribution in [0.25, 0.3) is 28.3 Å². The first-order valence-corrected chi connectivity index (χ1v) is 12.2. The van der Waals surface area contributed by atoms with Gasteiger partial charge in [0.2, 0.25) is 0 Å². The van der Waals surface area contributed by atoms with E-state index in [-0.39, 0.29) is 0 Å². The zero-order chi connectivity index (χ0) is 25.0. The summed E-state index contributed by atoms with van der Waals surface area (Å²) < 4.78 is 14.9. The van der Waals surface area contributed by atoms with Gasteiger partial charge < -0.3 is 9.47 Å². The number of aryl methyl sites for hydroxylation is 1. The Morgan fingerprint density at radius 1 is 0.919 bits per heavy atom. The minimum Gasteiger partial charge on any atom is -0.489 e. The van der Waals surface area contributed by atoms with Crippen molar-refractivity contribution < 1.29 is 9.47 Å². The van der Waals surface area contributed by atoms with Crippen molar-refractivity contribution in [2.24, 2.45) is 7.05 Å². The lowest BCUT2D eigenvalue weighted by Gasteiger charge is -2.26. The van der Waals surface area contributed by atoms with Crippen LogP contribution < -0.4 is 4.74 Å². The first-order valence-electron chi connectivity index (χ1n) is 12.2. The lowest BCUT2D eigenvalue weighted by atomic mass is 10.1. The van der Waals surface area contributed by atoms with Crippen molar-refractivity contribution >= 4 is 5.78 Å². The van der Waals surface area contributed by atoms with Crippen molar-refractivity contribution in [2.45, 2.75) is 6.42 Å². The van der Waals surface area contributed by atoms with Crippen molar-refractivity contribution in [3.63, 3.8) is 0 Å². The van der Waals surface area contributed by atoms with Gasteiger partial charge in [-0.05, 0) is 11.6 Å². The Morgan fingerprint density at radius 2 is 1.76 bits per heavy atom. The van der Waals surface area contributed by atoms with Crippen LogP contribution in [0.1, 0.15) is 11.4 Å². The number of hydrogen-bond donors (Lipinski definition) is 0. The van der Waals surface area contributed by atoms with Crippen LogP contribution in [0.3, 0.4) is 0 Å². The topological polar surface area (TPSA) is 108 Å². The number of rotatable bonds is 8. The number of benzene rings is 1. The molecule has 0 radical (unpaired) electrons. The fraction of sp³-hybridized carbons (Fsp3) is 0.308. The third-order valence-corrected chi connectivity index (χ3v) is 6.33. The average Bonchev–Trinajstić information content (AvgIpc) is 3.55. The third kappa shape index (κ3) is 5.32. The molecule has 1 aliphatic rings. The molecule has 0 aliphatic carbocycles. The third-order valence-electron chi connectivity index (χ3n) is 6.33. The first-order chi connectivity index (χ1) is 18.2. The zero-order valence-electron chi connectivity index (χ0n) is 20.6. The van der Waals surface area contributed by atoms with Gasteiger partial charge in [-0.1, -0.05) is 18.2 Å². The highest BCUT2D eigenvalue weighted by molar-refractivity contribution is 5.61. The number of nitrogens with zero attached hydrogens (tertiary/aromatic N) is 9. The molecule has 0 amide bonds. The van der Waals surface area contributed by atoms with Gasteiger partial charge in [0.05, 0.1) is 31.8 Å². The maximum absolute atomic E-state index is 5.84. The fourth-order valence-corrected chi connectivity index (χ4v) is 4.33. The highest BCUT2D eigenvalue weighted by Crippen LogP contribution is 2.21. The summed E-state index contributed by atoms with van der Waals surface area (Å²) in [5, 5.41) is 12.9. The summed E-state index contributed by atoms with van der Waals surface area (Å²) in [5.41, 5.74) is 3.95. The molecular weight excluding hydrogens is 470 g/mol. The van der Waals surface area contributed by atoms with Gasteiger partial charge >= 0.3 is 0 Å². The Balaban J connectivity index is 1.14. The SMILES string of the molecule is Cn1cc(-c2cnc3nnc(Cc4cccc(-c5ncc(OCCN6CCOCC6)cn5)c4)n3c2)cn1. The molecule has 0 N–H and O–H groups in total. The minimum atomic E-state index is 0.561. The number of fused-ring (bicyclic) bond motifs is 1. The molecule has 5 heterocycles. The molecule has 188 valence electrons. The van der Waals surface area contributed by atoms with Gasteiger partial charge in [-0.25, -0.2) is 15.0 Å². The summed E-state index contributed by atoms with van der Waals surface area (Å²) in [6, 6.07) is 8.14. The largest absolute Gasteiger partial charge is 0.489 e. The second-order valence-electron chi connectivity index (χ2n) is 8.95. The minimum absolute atomic E-state index is 0.561. The lowest BCUT2D eigenvalue weighted by molar-refractivity contribution is 0.0322. The zero-order valence-corrected chi connectivity index (χ0v) is 20.6. The van der Waals surface area contributed by atoms with Crippen molar-refractivity contribution in [3.8, 4) is 28.3 Å². The van der Waals surface area contributed by atoms with Gasteiger partial charge in [-0.15, -0.1) is 10.2 Å². The predicted octanol–water partition coefficient (Wildman–Crippen LogP) is 2.28. The van der Waals surface area contributed by atoms with Crippen molar-refractivity contribution in [2.75, 3.05) is 39.5 Å².